The molecular formula is C27H27F3N8O3S. The summed E-state index contributed by atoms with van der Waals surface area (Å²) in [7, 11) is 1.98. The number of alkyl halides is 3. The van der Waals surface area contributed by atoms with E-state index in [1.54, 1.807) is 37.6 Å². The predicted octanol–water partition coefficient (Wildman–Crippen LogP) is 4.13. The summed E-state index contributed by atoms with van der Waals surface area (Å²) < 4.78 is 45.0. The quantitative estimate of drug-likeness (QED) is 0.298. The second kappa shape index (κ2) is 11.9. The minimum Gasteiger partial charge on any atom is -0.406 e. The maximum atomic E-state index is 13.4. The summed E-state index contributed by atoms with van der Waals surface area (Å²) in [6.07, 6.45) is -0.181. The average Bonchev–Trinajstić information content (AvgIpc) is 3.58. The Hall–Kier alpha value is -4.37. The molecule has 1 aliphatic rings. The molecular weight excluding hydrogens is 573 g/mol. The molecule has 1 aliphatic heterocycles. The number of aromatic nitrogens is 5. The summed E-state index contributed by atoms with van der Waals surface area (Å²) in [5, 5.41) is 11.4. The molecule has 5 rings (SSSR count). The van der Waals surface area contributed by atoms with Crippen molar-refractivity contribution in [2.24, 2.45) is 0 Å². The third-order valence-corrected chi connectivity index (χ3v) is 7.51. The number of pyridine rings is 1. The number of benzene rings is 1. The lowest BCUT2D eigenvalue weighted by atomic mass is 10.0. The van der Waals surface area contributed by atoms with E-state index < -0.39 is 12.1 Å². The second-order valence-electron chi connectivity index (χ2n) is 9.86. The van der Waals surface area contributed by atoms with Gasteiger partial charge >= 0.3 is 6.36 Å². The van der Waals surface area contributed by atoms with Gasteiger partial charge in [-0.15, -0.1) is 18.3 Å². The molecule has 1 fully saturated rings. The summed E-state index contributed by atoms with van der Waals surface area (Å²) in [5.41, 5.74) is 2.89. The van der Waals surface area contributed by atoms with E-state index in [9.17, 15) is 22.8 Å². The third-order valence-electron chi connectivity index (χ3n) is 6.58. The van der Waals surface area contributed by atoms with Gasteiger partial charge in [0.05, 0.1) is 22.5 Å². The van der Waals surface area contributed by atoms with Gasteiger partial charge in [-0.3, -0.25) is 14.6 Å². The number of anilines is 2. The Morgan fingerprint density at radius 3 is 2.55 bits per heavy atom. The fourth-order valence-electron chi connectivity index (χ4n) is 4.46. The van der Waals surface area contributed by atoms with Crippen molar-refractivity contribution in [3.05, 3.63) is 59.7 Å². The van der Waals surface area contributed by atoms with Crippen LogP contribution in [0.1, 0.15) is 28.5 Å². The fourth-order valence-corrected chi connectivity index (χ4v) is 5.27. The van der Waals surface area contributed by atoms with Crippen LogP contribution in [0.4, 0.5) is 24.0 Å². The largest absolute Gasteiger partial charge is 0.573 e. The lowest BCUT2D eigenvalue weighted by molar-refractivity contribution is -0.274. The Morgan fingerprint density at radius 2 is 1.83 bits per heavy atom. The smallest absolute Gasteiger partial charge is 0.406 e. The van der Waals surface area contributed by atoms with Gasteiger partial charge in [-0.2, -0.15) is 0 Å². The highest BCUT2D eigenvalue weighted by Crippen LogP contribution is 2.31. The van der Waals surface area contributed by atoms with Crippen molar-refractivity contribution in [1.82, 2.24) is 29.9 Å². The Bertz CT molecular complexity index is 1610. The summed E-state index contributed by atoms with van der Waals surface area (Å²) in [5.74, 6) is -1.06. The van der Waals surface area contributed by atoms with Gasteiger partial charge in [0.15, 0.2) is 10.9 Å². The zero-order valence-corrected chi connectivity index (χ0v) is 23.8. The highest BCUT2D eigenvalue weighted by Gasteiger charge is 2.32. The summed E-state index contributed by atoms with van der Waals surface area (Å²) in [6.45, 7) is 5.89. The first-order valence-electron chi connectivity index (χ1n) is 12.9. The Balaban J connectivity index is 1.38. The molecule has 0 saturated carbocycles. The first kappa shape index (κ1) is 29.1. The molecule has 0 atom stereocenters. The van der Waals surface area contributed by atoms with Crippen molar-refractivity contribution in [2.75, 3.05) is 43.4 Å². The standard InChI is InChI=1S/C27H27F3N8O3S/c1-16-23(38-15-22(34-35-38)25-14-32-26(42-25)33-17(2)39)8-18(13-31-16)9-24(40)19-10-20(37-6-4-36(3)5-7-37)12-21(11-19)41-27(28,29)30/h8,10-15H,4-7,9H2,1-3H3,(H,32,33,39). The topological polar surface area (TPSA) is 118 Å². The summed E-state index contributed by atoms with van der Waals surface area (Å²) in [4.78, 5) is 38.0. The maximum absolute atomic E-state index is 13.4. The van der Waals surface area contributed by atoms with Crippen LogP contribution in [0, 0.1) is 6.92 Å². The number of nitrogens with zero attached hydrogens (tertiary/aromatic N) is 7. The molecule has 1 saturated heterocycles. The minimum absolute atomic E-state index is 0.103. The highest BCUT2D eigenvalue weighted by molar-refractivity contribution is 7.19. The van der Waals surface area contributed by atoms with E-state index in [0.717, 1.165) is 19.2 Å². The number of ketones is 1. The molecule has 42 heavy (non-hydrogen) atoms. The zero-order chi connectivity index (χ0) is 30.0. The molecule has 15 heteroatoms. The Kier molecular flexibility index (Phi) is 8.22. The number of aryl methyl sites for hydroxylation is 1. The first-order valence-corrected chi connectivity index (χ1v) is 13.7. The number of ether oxygens (including phenoxy) is 1. The second-order valence-corrected chi connectivity index (χ2v) is 10.9. The van der Waals surface area contributed by atoms with Crippen LogP contribution in [-0.4, -0.2) is 81.1 Å². The van der Waals surface area contributed by atoms with Gasteiger partial charge in [-0.05, 0) is 37.7 Å². The first-order chi connectivity index (χ1) is 19.9. The van der Waals surface area contributed by atoms with Crippen LogP contribution in [0.5, 0.6) is 5.75 Å². The predicted molar refractivity (Wildman–Crippen MR) is 150 cm³/mol. The van der Waals surface area contributed by atoms with Crippen LogP contribution in [0.25, 0.3) is 16.3 Å². The molecule has 0 bridgehead atoms. The number of nitrogens with one attached hydrogen (secondary N) is 1. The van der Waals surface area contributed by atoms with Crippen LogP contribution in [0.2, 0.25) is 0 Å². The van der Waals surface area contributed by atoms with Gasteiger partial charge in [0, 0.05) is 69.2 Å². The molecule has 3 aromatic heterocycles. The number of halogens is 3. The number of Topliss-reactive ketones (excluding diaryl/α,β-unsaturated/α-hetero) is 1. The molecule has 11 nitrogen and oxygen atoms in total. The molecule has 4 aromatic rings. The van der Waals surface area contributed by atoms with Gasteiger partial charge in [-0.25, -0.2) is 9.67 Å². The number of amides is 1. The maximum Gasteiger partial charge on any atom is 0.573 e. The van der Waals surface area contributed by atoms with Crippen molar-refractivity contribution in [2.45, 2.75) is 26.6 Å². The number of hydrogen-bond acceptors (Lipinski definition) is 10. The number of likely N-dealkylation sites (N-methyl/N-ethyl adjacent to an activating group) is 1. The van der Waals surface area contributed by atoms with Gasteiger partial charge < -0.3 is 19.9 Å². The molecule has 1 N–H and O–H groups in total. The Labute approximate surface area is 242 Å². The number of thiazole rings is 1. The van der Waals surface area contributed by atoms with E-state index in [1.165, 1.54) is 29.0 Å². The monoisotopic (exact) mass is 600 g/mol. The van der Waals surface area contributed by atoms with Crippen LogP contribution in [-0.2, 0) is 11.2 Å². The lowest BCUT2D eigenvalue weighted by Gasteiger charge is -2.34. The van der Waals surface area contributed by atoms with Crippen LogP contribution < -0.4 is 15.0 Å². The number of rotatable bonds is 8. The van der Waals surface area contributed by atoms with Gasteiger partial charge in [0.1, 0.15) is 11.4 Å². The molecule has 0 unspecified atom stereocenters. The van der Waals surface area contributed by atoms with E-state index >= 15 is 0 Å². The fraction of sp³-hybridized carbons (Fsp3) is 0.333. The SMILES string of the molecule is CC(=O)Nc1ncc(-c2cn(-c3cc(CC(=O)c4cc(OC(F)(F)F)cc(N5CCN(C)CC5)c4)cnc3C)nn2)s1. The van der Waals surface area contributed by atoms with Gasteiger partial charge in [0.25, 0.3) is 0 Å². The number of piperazine rings is 1. The van der Waals surface area contributed by atoms with Crippen molar-refractivity contribution in [3.8, 4) is 22.0 Å². The van der Waals surface area contributed by atoms with Crippen LogP contribution in [0.3, 0.4) is 0 Å². The Morgan fingerprint density at radius 1 is 1.07 bits per heavy atom. The van der Waals surface area contributed by atoms with E-state index in [4.69, 9.17) is 0 Å². The number of carbonyl (C=O) groups excluding carboxylic acids is 2. The van der Waals surface area contributed by atoms with Gasteiger partial charge in [-0.1, -0.05) is 16.6 Å². The van der Waals surface area contributed by atoms with Gasteiger partial charge in [0.2, 0.25) is 5.91 Å². The highest BCUT2D eigenvalue weighted by atomic mass is 32.1. The number of hydrogen-bond donors (Lipinski definition) is 1. The molecule has 1 amide bonds. The van der Waals surface area contributed by atoms with Crippen molar-refractivity contribution >= 4 is 33.8 Å². The number of carbonyl (C=O) groups is 2. The van der Waals surface area contributed by atoms with Crippen LogP contribution >= 0.6 is 11.3 Å². The average molecular weight is 601 g/mol. The molecule has 0 spiro atoms. The minimum atomic E-state index is -4.89. The van der Waals surface area contributed by atoms with Crippen molar-refractivity contribution in [1.29, 1.82) is 0 Å². The molecule has 1 aromatic carbocycles. The molecule has 220 valence electrons. The van der Waals surface area contributed by atoms with Crippen molar-refractivity contribution < 1.29 is 27.5 Å². The lowest BCUT2D eigenvalue weighted by Crippen LogP contribution is -2.44. The summed E-state index contributed by atoms with van der Waals surface area (Å²) in [6, 6.07) is 5.77. The zero-order valence-electron chi connectivity index (χ0n) is 23.0. The van der Waals surface area contributed by atoms with Crippen molar-refractivity contribution in [3.63, 3.8) is 0 Å². The summed E-state index contributed by atoms with van der Waals surface area (Å²) >= 11 is 1.25. The van der Waals surface area contributed by atoms with E-state index in [1.807, 2.05) is 11.9 Å². The van der Waals surface area contributed by atoms with E-state index in [-0.39, 0.29) is 23.7 Å². The molecule has 0 radical (unpaired) electrons. The van der Waals surface area contributed by atoms with E-state index in [2.05, 4.69) is 35.2 Å². The normalized spacial score (nSPS) is 14.2. The van der Waals surface area contributed by atoms with E-state index in [0.29, 0.717) is 51.4 Å². The molecule has 4 heterocycles. The van der Waals surface area contributed by atoms with Crippen LogP contribution in [0.15, 0.2) is 42.9 Å². The third kappa shape index (κ3) is 7.09. The molecule has 0 aliphatic carbocycles.